The van der Waals surface area contributed by atoms with Crippen molar-refractivity contribution in [2.24, 2.45) is 0 Å². The van der Waals surface area contributed by atoms with Crippen molar-refractivity contribution >= 4 is 17.3 Å². The Balaban J connectivity index is 1.49. The summed E-state index contributed by atoms with van der Waals surface area (Å²) >= 11 is 0. The number of rotatable bonds is 5. The lowest BCUT2D eigenvalue weighted by molar-refractivity contribution is 0.102. The van der Waals surface area contributed by atoms with E-state index in [0.717, 1.165) is 11.3 Å². The van der Waals surface area contributed by atoms with Gasteiger partial charge in [0.25, 0.3) is 5.91 Å². The van der Waals surface area contributed by atoms with E-state index in [2.05, 4.69) is 10.3 Å². The molecule has 144 valence electrons. The predicted octanol–water partition coefficient (Wildman–Crippen LogP) is 3.16. The molecule has 6 nitrogen and oxygen atoms in total. The van der Waals surface area contributed by atoms with Gasteiger partial charge in [-0.25, -0.2) is 9.37 Å². The second kappa shape index (κ2) is 8.22. The molecule has 2 aromatic carbocycles. The van der Waals surface area contributed by atoms with Crippen LogP contribution in [0.25, 0.3) is 0 Å². The number of benzene rings is 2. The number of anilines is 2. The Morgan fingerprint density at radius 3 is 2.82 bits per heavy atom. The third kappa shape index (κ3) is 4.37. The second-order valence-corrected chi connectivity index (χ2v) is 6.69. The predicted molar refractivity (Wildman–Crippen MR) is 105 cm³/mol. The van der Waals surface area contributed by atoms with Gasteiger partial charge < -0.3 is 19.5 Å². The zero-order valence-corrected chi connectivity index (χ0v) is 15.3. The van der Waals surface area contributed by atoms with Gasteiger partial charge in [-0.05, 0) is 35.9 Å². The average Bonchev–Trinajstić information content (AvgIpc) is 3.21. The molecular weight excluding hydrogens is 359 g/mol. The summed E-state index contributed by atoms with van der Waals surface area (Å²) in [5.41, 5.74) is 2.69. The van der Waals surface area contributed by atoms with Gasteiger partial charge in [-0.3, -0.25) is 4.79 Å². The van der Waals surface area contributed by atoms with E-state index in [-0.39, 0.29) is 11.7 Å². The lowest BCUT2D eigenvalue weighted by Gasteiger charge is -2.29. The zero-order valence-electron chi connectivity index (χ0n) is 15.3. The summed E-state index contributed by atoms with van der Waals surface area (Å²) in [6.07, 6.45) is 5.31. The van der Waals surface area contributed by atoms with Gasteiger partial charge >= 0.3 is 0 Å². The van der Waals surface area contributed by atoms with Crippen molar-refractivity contribution in [3.63, 3.8) is 0 Å². The maximum absolute atomic E-state index is 14.1. The number of halogens is 1. The smallest absolute Gasteiger partial charge is 0.255 e. The maximum Gasteiger partial charge on any atom is 0.255 e. The summed E-state index contributed by atoms with van der Waals surface area (Å²) in [5, 5.41) is 2.81. The molecule has 0 aliphatic carbocycles. The first-order valence-corrected chi connectivity index (χ1v) is 9.17. The Hall–Kier alpha value is -3.19. The molecule has 3 aromatic rings. The number of amides is 1. The van der Waals surface area contributed by atoms with Gasteiger partial charge in [0.2, 0.25) is 0 Å². The lowest BCUT2D eigenvalue weighted by Crippen LogP contribution is -2.36. The molecule has 1 saturated heterocycles. The first-order chi connectivity index (χ1) is 13.7. The highest BCUT2D eigenvalue weighted by atomic mass is 19.1. The molecule has 1 N–H and O–H groups in total. The molecule has 4 rings (SSSR count). The SMILES string of the molecule is O=C(Nc1cc(F)cc(N2CCOCC2)c1)c1cccc(Cn2ccnc2)c1. The fourth-order valence-corrected chi connectivity index (χ4v) is 3.26. The molecule has 1 amide bonds. The van der Waals surface area contributed by atoms with E-state index in [1.54, 1.807) is 24.7 Å². The van der Waals surface area contributed by atoms with Gasteiger partial charge in [0.05, 0.1) is 19.5 Å². The van der Waals surface area contributed by atoms with Crippen molar-refractivity contribution in [3.05, 3.63) is 78.1 Å². The molecule has 0 atom stereocenters. The minimum Gasteiger partial charge on any atom is -0.378 e. The Morgan fingerprint density at radius 2 is 2.04 bits per heavy atom. The normalized spacial score (nSPS) is 14.1. The summed E-state index contributed by atoms with van der Waals surface area (Å²) in [5.74, 6) is -0.654. The van der Waals surface area contributed by atoms with Gasteiger partial charge in [0.1, 0.15) is 5.82 Å². The van der Waals surface area contributed by atoms with Crippen LogP contribution in [0.5, 0.6) is 0 Å². The molecular formula is C21H21FN4O2. The fraction of sp³-hybridized carbons (Fsp3) is 0.238. The zero-order chi connectivity index (χ0) is 19.3. The molecule has 28 heavy (non-hydrogen) atoms. The number of ether oxygens (including phenoxy) is 1. The summed E-state index contributed by atoms with van der Waals surface area (Å²) in [7, 11) is 0. The largest absolute Gasteiger partial charge is 0.378 e. The van der Waals surface area contributed by atoms with Crippen LogP contribution in [-0.4, -0.2) is 41.8 Å². The molecule has 1 aliphatic rings. The van der Waals surface area contributed by atoms with Crippen LogP contribution >= 0.6 is 0 Å². The van der Waals surface area contributed by atoms with Crippen LogP contribution in [0, 0.1) is 5.82 Å². The molecule has 0 spiro atoms. The molecule has 1 aliphatic heterocycles. The van der Waals surface area contributed by atoms with Crippen LogP contribution in [0.2, 0.25) is 0 Å². The highest BCUT2D eigenvalue weighted by molar-refractivity contribution is 6.04. The highest BCUT2D eigenvalue weighted by Crippen LogP contribution is 2.23. The monoisotopic (exact) mass is 380 g/mol. The van der Waals surface area contributed by atoms with Crippen molar-refractivity contribution in [2.75, 3.05) is 36.5 Å². The highest BCUT2D eigenvalue weighted by Gasteiger charge is 2.14. The van der Waals surface area contributed by atoms with E-state index >= 15 is 0 Å². The lowest BCUT2D eigenvalue weighted by atomic mass is 10.1. The number of carbonyl (C=O) groups excluding carboxylic acids is 1. The van der Waals surface area contributed by atoms with Gasteiger partial charge in [-0.1, -0.05) is 12.1 Å². The van der Waals surface area contributed by atoms with Gasteiger partial charge in [0, 0.05) is 49.0 Å². The molecule has 0 unspecified atom stereocenters. The number of nitrogens with one attached hydrogen (secondary N) is 1. The molecule has 2 heterocycles. The number of hydrogen-bond donors (Lipinski definition) is 1. The number of morpholine rings is 1. The standard InChI is InChI=1S/C21H21FN4O2/c22-18-11-19(13-20(12-18)26-6-8-28-9-7-26)24-21(27)17-3-1-2-16(10-17)14-25-5-4-23-15-25/h1-5,10-13,15H,6-9,14H2,(H,24,27). The van der Waals surface area contributed by atoms with Crippen LogP contribution in [0.3, 0.4) is 0 Å². The molecule has 1 fully saturated rings. The summed E-state index contributed by atoms with van der Waals surface area (Å²) in [4.78, 5) is 18.8. The van der Waals surface area contributed by atoms with Gasteiger partial charge in [-0.15, -0.1) is 0 Å². The number of aromatic nitrogens is 2. The molecule has 0 saturated carbocycles. The minimum absolute atomic E-state index is 0.272. The van der Waals surface area contributed by atoms with Crippen LogP contribution in [0.4, 0.5) is 15.8 Å². The van der Waals surface area contributed by atoms with Gasteiger partial charge in [0.15, 0.2) is 0 Å². The van der Waals surface area contributed by atoms with Crippen LogP contribution in [0.15, 0.2) is 61.2 Å². The second-order valence-electron chi connectivity index (χ2n) is 6.69. The summed E-state index contributed by atoms with van der Waals surface area (Å²) in [6, 6.07) is 12.0. The number of imidazole rings is 1. The van der Waals surface area contributed by atoms with Crippen molar-refractivity contribution in [1.29, 1.82) is 0 Å². The van der Waals surface area contributed by atoms with E-state index < -0.39 is 0 Å². The Labute approximate surface area is 162 Å². The van der Waals surface area contributed by atoms with E-state index in [1.807, 2.05) is 33.9 Å². The summed E-state index contributed by atoms with van der Waals surface area (Å²) in [6.45, 7) is 3.26. The van der Waals surface area contributed by atoms with Crippen molar-refractivity contribution in [2.45, 2.75) is 6.54 Å². The molecule has 0 radical (unpaired) electrons. The van der Waals surface area contributed by atoms with Gasteiger partial charge in [-0.2, -0.15) is 0 Å². The quantitative estimate of drug-likeness (QED) is 0.739. The van der Waals surface area contributed by atoms with E-state index in [4.69, 9.17) is 4.74 Å². The number of carbonyl (C=O) groups is 1. The van der Waals surface area contributed by atoms with E-state index in [0.29, 0.717) is 44.1 Å². The third-order valence-corrected chi connectivity index (χ3v) is 4.63. The molecule has 7 heteroatoms. The fourth-order valence-electron chi connectivity index (χ4n) is 3.26. The van der Waals surface area contributed by atoms with Crippen molar-refractivity contribution in [1.82, 2.24) is 9.55 Å². The minimum atomic E-state index is -0.381. The van der Waals surface area contributed by atoms with Crippen LogP contribution in [0.1, 0.15) is 15.9 Å². The Morgan fingerprint density at radius 1 is 1.18 bits per heavy atom. The number of nitrogens with zero attached hydrogens (tertiary/aromatic N) is 3. The topological polar surface area (TPSA) is 59.4 Å². The summed E-state index contributed by atoms with van der Waals surface area (Å²) < 4.78 is 21.4. The van der Waals surface area contributed by atoms with E-state index in [9.17, 15) is 9.18 Å². The number of hydrogen-bond acceptors (Lipinski definition) is 4. The average molecular weight is 380 g/mol. The maximum atomic E-state index is 14.1. The van der Waals surface area contributed by atoms with Crippen molar-refractivity contribution in [3.8, 4) is 0 Å². The van der Waals surface area contributed by atoms with Crippen LogP contribution < -0.4 is 10.2 Å². The van der Waals surface area contributed by atoms with Crippen molar-refractivity contribution < 1.29 is 13.9 Å². The Bertz CT molecular complexity index is 953. The van der Waals surface area contributed by atoms with E-state index in [1.165, 1.54) is 12.1 Å². The van der Waals surface area contributed by atoms with Crippen LogP contribution in [-0.2, 0) is 11.3 Å². The molecule has 1 aromatic heterocycles. The first kappa shape index (κ1) is 18.2. The Kier molecular flexibility index (Phi) is 5.34. The first-order valence-electron chi connectivity index (χ1n) is 9.17. The molecule has 0 bridgehead atoms. The third-order valence-electron chi connectivity index (χ3n) is 4.63.